The molecule has 0 saturated carbocycles. The van der Waals surface area contributed by atoms with Crippen molar-refractivity contribution in [3.05, 3.63) is 12.3 Å². The SMILES string of the molecule is CCCOC(=O)C=COS(C)(=O)=O. The van der Waals surface area contributed by atoms with Crippen molar-refractivity contribution in [2.75, 3.05) is 12.9 Å². The van der Waals surface area contributed by atoms with Crippen LogP contribution >= 0.6 is 0 Å². The van der Waals surface area contributed by atoms with E-state index in [2.05, 4.69) is 8.92 Å². The molecule has 0 bridgehead atoms. The number of hydrogen-bond acceptors (Lipinski definition) is 5. The molecule has 13 heavy (non-hydrogen) atoms. The van der Waals surface area contributed by atoms with Crippen LogP contribution in [0.5, 0.6) is 0 Å². The zero-order valence-electron chi connectivity index (χ0n) is 7.52. The Balaban J connectivity index is 3.79. The van der Waals surface area contributed by atoms with E-state index in [0.29, 0.717) is 13.0 Å². The maximum absolute atomic E-state index is 10.7. The van der Waals surface area contributed by atoms with Crippen LogP contribution in [0.2, 0.25) is 0 Å². The fraction of sp³-hybridized carbons (Fsp3) is 0.571. The van der Waals surface area contributed by atoms with Gasteiger partial charge >= 0.3 is 16.1 Å². The van der Waals surface area contributed by atoms with E-state index >= 15 is 0 Å². The van der Waals surface area contributed by atoms with Crippen LogP contribution < -0.4 is 0 Å². The summed E-state index contributed by atoms with van der Waals surface area (Å²) in [6.07, 6.45) is 3.30. The molecule has 0 aromatic heterocycles. The quantitative estimate of drug-likeness (QED) is 0.283. The van der Waals surface area contributed by atoms with Gasteiger partial charge in [0.2, 0.25) is 0 Å². The molecular weight excluding hydrogens is 196 g/mol. The number of carbonyl (C=O) groups is 1. The van der Waals surface area contributed by atoms with Crippen LogP contribution in [0.15, 0.2) is 12.3 Å². The first-order chi connectivity index (χ1) is 5.95. The molecule has 5 nitrogen and oxygen atoms in total. The van der Waals surface area contributed by atoms with Crippen molar-refractivity contribution in [1.29, 1.82) is 0 Å². The van der Waals surface area contributed by atoms with Gasteiger partial charge in [-0.15, -0.1) is 0 Å². The second-order valence-corrected chi connectivity index (χ2v) is 3.87. The third kappa shape index (κ3) is 8.87. The Morgan fingerprint density at radius 3 is 2.54 bits per heavy atom. The van der Waals surface area contributed by atoms with Gasteiger partial charge in [0.25, 0.3) is 0 Å². The number of carbonyl (C=O) groups excluding carboxylic acids is 1. The average Bonchev–Trinajstić information content (AvgIpc) is 1.98. The molecule has 0 rings (SSSR count). The summed E-state index contributed by atoms with van der Waals surface area (Å²) in [6.45, 7) is 2.16. The fourth-order valence-corrected chi connectivity index (χ4v) is 0.692. The number of rotatable bonds is 5. The Kier molecular flexibility index (Phi) is 5.13. The Morgan fingerprint density at radius 2 is 2.08 bits per heavy atom. The lowest BCUT2D eigenvalue weighted by molar-refractivity contribution is -0.137. The lowest BCUT2D eigenvalue weighted by Gasteiger charge is -1.97. The molecule has 0 radical (unpaired) electrons. The normalized spacial score (nSPS) is 11.5. The van der Waals surface area contributed by atoms with E-state index in [4.69, 9.17) is 0 Å². The number of ether oxygens (including phenoxy) is 1. The lowest BCUT2D eigenvalue weighted by Crippen LogP contribution is -2.02. The summed E-state index contributed by atoms with van der Waals surface area (Å²) in [5.41, 5.74) is 0. The van der Waals surface area contributed by atoms with Crippen molar-refractivity contribution in [2.24, 2.45) is 0 Å². The van der Waals surface area contributed by atoms with Crippen LogP contribution in [-0.2, 0) is 23.8 Å². The van der Waals surface area contributed by atoms with E-state index < -0.39 is 16.1 Å². The third-order valence-electron chi connectivity index (χ3n) is 0.883. The van der Waals surface area contributed by atoms with Crippen molar-refractivity contribution in [2.45, 2.75) is 13.3 Å². The molecule has 0 fully saturated rings. The van der Waals surface area contributed by atoms with Crippen molar-refractivity contribution >= 4 is 16.1 Å². The predicted octanol–water partition coefficient (Wildman–Crippen LogP) is 0.429. The van der Waals surface area contributed by atoms with Crippen molar-refractivity contribution in [3.8, 4) is 0 Å². The highest BCUT2D eigenvalue weighted by atomic mass is 32.2. The van der Waals surface area contributed by atoms with Gasteiger partial charge in [0.15, 0.2) is 0 Å². The first-order valence-electron chi connectivity index (χ1n) is 3.67. The summed E-state index contributed by atoms with van der Waals surface area (Å²) in [6, 6.07) is 0. The van der Waals surface area contributed by atoms with Crippen LogP contribution in [0.1, 0.15) is 13.3 Å². The van der Waals surface area contributed by atoms with Crippen LogP contribution in [0, 0.1) is 0 Å². The molecule has 0 spiro atoms. The second kappa shape index (κ2) is 5.58. The van der Waals surface area contributed by atoms with Gasteiger partial charge < -0.3 is 8.92 Å². The summed E-state index contributed by atoms with van der Waals surface area (Å²) in [5.74, 6) is -0.620. The summed E-state index contributed by atoms with van der Waals surface area (Å²) >= 11 is 0. The first-order valence-corrected chi connectivity index (χ1v) is 5.49. The van der Waals surface area contributed by atoms with E-state index in [1.165, 1.54) is 0 Å². The molecule has 0 unspecified atom stereocenters. The maximum Gasteiger partial charge on any atom is 0.333 e. The molecule has 0 aromatic rings. The van der Waals surface area contributed by atoms with E-state index in [0.717, 1.165) is 18.6 Å². The molecule has 0 aliphatic carbocycles. The number of esters is 1. The minimum atomic E-state index is -3.53. The van der Waals surface area contributed by atoms with Gasteiger partial charge in [-0.2, -0.15) is 8.42 Å². The van der Waals surface area contributed by atoms with Gasteiger partial charge in [0.1, 0.15) is 6.26 Å². The summed E-state index contributed by atoms with van der Waals surface area (Å²) in [4.78, 5) is 10.7. The Hall–Kier alpha value is -1.04. The highest BCUT2D eigenvalue weighted by molar-refractivity contribution is 7.86. The predicted molar refractivity (Wildman–Crippen MR) is 46.3 cm³/mol. The highest BCUT2D eigenvalue weighted by Crippen LogP contribution is 1.90. The molecule has 6 heteroatoms. The summed E-state index contributed by atoms with van der Waals surface area (Å²) < 4.78 is 29.6. The fourth-order valence-electron chi connectivity index (χ4n) is 0.435. The zero-order chi connectivity index (χ0) is 10.3. The van der Waals surface area contributed by atoms with Gasteiger partial charge in [0.05, 0.1) is 18.9 Å². The second-order valence-electron chi connectivity index (χ2n) is 2.27. The molecule has 0 atom stereocenters. The molecular formula is C7H12O5S. The minimum absolute atomic E-state index is 0.308. The maximum atomic E-state index is 10.7. The van der Waals surface area contributed by atoms with Gasteiger partial charge in [-0.05, 0) is 6.42 Å². The first kappa shape index (κ1) is 12.0. The number of hydrogen-bond donors (Lipinski definition) is 0. The van der Waals surface area contributed by atoms with E-state index in [-0.39, 0.29) is 0 Å². The highest BCUT2D eigenvalue weighted by Gasteiger charge is 1.98. The van der Waals surface area contributed by atoms with Gasteiger partial charge in [-0.25, -0.2) is 4.79 Å². The topological polar surface area (TPSA) is 69.7 Å². The standard InChI is InChI=1S/C7H12O5S/c1-3-5-11-7(8)4-6-12-13(2,9)10/h4,6H,3,5H2,1-2H3. The molecule has 0 N–H and O–H groups in total. The van der Waals surface area contributed by atoms with Crippen molar-refractivity contribution in [3.63, 3.8) is 0 Å². The van der Waals surface area contributed by atoms with Gasteiger partial charge in [0, 0.05) is 0 Å². The van der Waals surface area contributed by atoms with Crippen LogP contribution in [0.4, 0.5) is 0 Å². The van der Waals surface area contributed by atoms with E-state index in [9.17, 15) is 13.2 Å². The van der Waals surface area contributed by atoms with E-state index in [1.54, 1.807) is 0 Å². The van der Waals surface area contributed by atoms with E-state index in [1.807, 2.05) is 6.92 Å². The van der Waals surface area contributed by atoms with Crippen LogP contribution in [0.3, 0.4) is 0 Å². The molecule has 0 aliphatic rings. The monoisotopic (exact) mass is 208 g/mol. The van der Waals surface area contributed by atoms with Crippen molar-refractivity contribution in [1.82, 2.24) is 0 Å². The zero-order valence-corrected chi connectivity index (χ0v) is 8.33. The average molecular weight is 208 g/mol. The molecule has 76 valence electrons. The lowest BCUT2D eigenvalue weighted by atomic mass is 10.5. The van der Waals surface area contributed by atoms with Crippen molar-refractivity contribution < 1.29 is 22.1 Å². The smallest absolute Gasteiger partial charge is 0.333 e. The Morgan fingerprint density at radius 1 is 1.46 bits per heavy atom. The molecule has 0 aromatic carbocycles. The molecule has 0 heterocycles. The summed E-state index contributed by atoms with van der Waals surface area (Å²) in [7, 11) is -3.53. The molecule has 0 amide bonds. The largest absolute Gasteiger partial charge is 0.462 e. The van der Waals surface area contributed by atoms with Gasteiger partial charge in [-0.1, -0.05) is 6.92 Å². The molecule has 0 aliphatic heterocycles. The summed E-state index contributed by atoms with van der Waals surface area (Å²) in [5, 5.41) is 0. The van der Waals surface area contributed by atoms with Gasteiger partial charge in [-0.3, -0.25) is 0 Å². The van der Waals surface area contributed by atoms with Crippen LogP contribution in [0.25, 0.3) is 0 Å². The third-order valence-corrected chi connectivity index (χ3v) is 1.34. The van der Waals surface area contributed by atoms with Crippen LogP contribution in [-0.4, -0.2) is 27.2 Å². The minimum Gasteiger partial charge on any atom is -0.462 e. The Bertz CT molecular complexity index is 277. The molecule has 0 saturated heterocycles. The Labute approximate surface area is 77.5 Å².